The summed E-state index contributed by atoms with van der Waals surface area (Å²) in [4.78, 5) is 35.6. The average molecular weight is 372 g/mol. The van der Waals surface area contributed by atoms with Gasteiger partial charge in [-0.1, -0.05) is 26.0 Å². The van der Waals surface area contributed by atoms with Crippen LogP contribution in [0.2, 0.25) is 0 Å². The Bertz CT molecular complexity index is 817. The minimum atomic E-state index is -1.02. The number of carbonyl (C=O) groups is 3. The molecule has 2 aromatic carbocycles. The van der Waals surface area contributed by atoms with Crippen LogP contribution in [0.1, 0.15) is 40.1 Å². The standard InChI is InChI=1S/C20H21FN2O4/c1-12(2)17(23-18(24)14-7-9-16(21)10-8-14)19(25)22-11-13-3-5-15(6-4-13)20(26)27/h3-10,12,17H,11H2,1-2H3,(H,22,25)(H,23,24)(H,26,27). The maximum atomic E-state index is 13.0. The summed E-state index contributed by atoms with van der Waals surface area (Å²) in [6.07, 6.45) is 0. The van der Waals surface area contributed by atoms with Gasteiger partial charge in [0.2, 0.25) is 5.91 Å². The Hall–Kier alpha value is -3.22. The van der Waals surface area contributed by atoms with Gasteiger partial charge in [-0.25, -0.2) is 9.18 Å². The fourth-order valence-corrected chi connectivity index (χ4v) is 2.43. The van der Waals surface area contributed by atoms with Crippen LogP contribution in [-0.2, 0) is 11.3 Å². The maximum Gasteiger partial charge on any atom is 0.335 e. The fourth-order valence-electron chi connectivity index (χ4n) is 2.43. The molecule has 0 aliphatic carbocycles. The van der Waals surface area contributed by atoms with Crippen molar-refractivity contribution in [2.75, 3.05) is 0 Å². The van der Waals surface area contributed by atoms with E-state index in [1.807, 2.05) is 0 Å². The molecule has 2 rings (SSSR count). The second kappa shape index (κ2) is 8.93. The summed E-state index contributed by atoms with van der Waals surface area (Å²) in [6, 6.07) is 10.4. The van der Waals surface area contributed by atoms with Crippen LogP contribution in [0.5, 0.6) is 0 Å². The number of carboxylic acid groups (broad SMARTS) is 1. The van der Waals surface area contributed by atoms with Crippen LogP contribution in [-0.4, -0.2) is 28.9 Å². The number of benzene rings is 2. The van der Waals surface area contributed by atoms with Gasteiger partial charge in [-0.3, -0.25) is 9.59 Å². The predicted molar refractivity (Wildman–Crippen MR) is 97.7 cm³/mol. The predicted octanol–water partition coefficient (Wildman–Crippen LogP) is 2.59. The molecule has 0 saturated carbocycles. The van der Waals surface area contributed by atoms with Gasteiger partial charge in [-0.05, 0) is 47.9 Å². The summed E-state index contributed by atoms with van der Waals surface area (Å²) >= 11 is 0. The minimum Gasteiger partial charge on any atom is -0.478 e. The molecule has 0 radical (unpaired) electrons. The highest BCUT2D eigenvalue weighted by molar-refractivity contribution is 5.97. The van der Waals surface area contributed by atoms with Crippen LogP contribution in [0.4, 0.5) is 4.39 Å². The van der Waals surface area contributed by atoms with Gasteiger partial charge < -0.3 is 15.7 Å². The molecule has 2 amide bonds. The van der Waals surface area contributed by atoms with Gasteiger partial charge >= 0.3 is 5.97 Å². The van der Waals surface area contributed by atoms with Crippen LogP contribution in [0, 0.1) is 11.7 Å². The molecular formula is C20H21FN2O4. The molecule has 142 valence electrons. The molecular weight excluding hydrogens is 351 g/mol. The Labute approximate surface area is 156 Å². The third-order valence-electron chi connectivity index (χ3n) is 4.01. The molecule has 0 fully saturated rings. The molecule has 0 spiro atoms. The highest BCUT2D eigenvalue weighted by Crippen LogP contribution is 2.08. The summed E-state index contributed by atoms with van der Waals surface area (Å²) in [5, 5.41) is 14.3. The number of rotatable bonds is 7. The third-order valence-corrected chi connectivity index (χ3v) is 4.01. The van der Waals surface area contributed by atoms with Gasteiger partial charge in [-0.15, -0.1) is 0 Å². The van der Waals surface area contributed by atoms with Crippen LogP contribution < -0.4 is 10.6 Å². The first kappa shape index (κ1) is 20.1. The van der Waals surface area contributed by atoms with E-state index in [1.165, 1.54) is 36.4 Å². The number of carboxylic acids is 1. The quantitative estimate of drug-likeness (QED) is 0.696. The maximum absolute atomic E-state index is 13.0. The Kier molecular flexibility index (Phi) is 6.65. The van der Waals surface area contributed by atoms with Crippen molar-refractivity contribution < 1.29 is 23.9 Å². The van der Waals surface area contributed by atoms with E-state index in [9.17, 15) is 18.8 Å². The van der Waals surface area contributed by atoms with Crippen LogP contribution in [0.3, 0.4) is 0 Å². The number of amides is 2. The minimum absolute atomic E-state index is 0.163. The fraction of sp³-hybridized carbons (Fsp3) is 0.250. The molecule has 6 nitrogen and oxygen atoms in total. The first-order chi connectivity index (χ1) is 12.8. The molecule has 0 aliphatic rings. The molecule has 0 heterocycles. The monoisotopic (exact) mass is 372 g/mol. The van der Waals surface area contributed by atoms with Crippen molar-refractivity contribution in [2.24, 2.45) is 5.92 Å². The van der Waals surface area contributed by atoms with Gasteiger partial charge in [0.25, 0.3) is 5.91 Å². The molecule has 1 atom stereocenters. The van der Waals surface area contributed by atoms with Crippen LogP contribution >= 0.6 is 0 Å². The zero-order valence-electron chi connectivity index (χ0n) is 15.0. The molecule has 0 aromatic heterocycles. The Morgan fingerprint density at radius 2 is 1.52 bits per heavy atom. The lowest BCUT2D eigenvalue weighted by Gasteiger charge is -2.22. The summed E-state index contributed by atoms with van der Waals surface area (Å²) < 4.78 is 13.0. The van der Waals surface area contributed by atoms with E-state index in [1.54, 1.807) is 26.0 Å². The highest BCUT2D eigenvalue weighted by atomic mass is 19.1. The lowest BCUT2D eigenvalue weighted by molar-refractivity contribution is -0.124. The Morgan fingerprint density at radius 1 is 0.963 bits per heavy atom. The van der Waals surface area contributed by atoms with Gasteiger partial charge in [0.15, 0.2) is 0 Å². The first-order valence-corrected chi connectivity index (χ1v) is 8.44. The Balaban J connectivity index is 1.98. The highest BCUT2D eigenvalue weighted by Gasteiger charge is 2.24. The van der Waals surface area contributed by atoms with E-state index in [-0.39, 0.29) is 29.5 Å². The first-order valence-electron chi connectivity index (χ1n) is 8.44. The average Bonchev–Trinajstić information content (AvgIpc) is 2.64. The van der Waals surface area contributed by atoms with Crippen molar-refractivity contribution in [3.63, 3.8) is 0 Å². The third kappa shape index (κ3) is 5.64. The van der Waals surface area contributed by atoms with Crippen LogP contribution in [0.25, 0.3) is 0 Å². The smallest absolute Gasteiger partial charge is 0.335 e. The van der Waals surface area contributed by atoms with Crippen molar-refractivity contribution >= 4 is 17.8 Å². The number of carbonyl (C=O) groups excluding carboxylic acids is 2. The topological polar surface area (TPSA) is 95.5 Å². The van der Waals surface area contributed by atoms with E-state index in [2.05, 4.69) is 10.6 Å². The number of nitrogens with one attached hydrogen (secondary N) is 2. The lowest BCUT2D eigenvalue weighted by atomic mass is 10.0. The van der Waals surface area contributed by atoms with Gasteiger partial charge in [0, 0.05) is 12.1 Å². The number of halogens is 1. The van der Waals surface area contributed by atoms with Crippen molar-refractivity contribution in [3.8, 4) is 0 Å². The van der Waals surface area contributed by atoms with Crippen LogP contribution in [0.15, 0.2) is 48.5 Å². The van der Waals surface area contributed by atoms with Gasteiger partial charge in [0.1, 0.15) is 11.9 Å². The summed E-state index contributed by atoms with van der Waals surface area (Å²) in [6.45, 7) is 3.81. The normalized spacial score (nSPS) is 11.7. The number of hydrogen-bond acceptors (Lipinski definition) is 3. The molecule has 7 heteroatoms. The van der Waals surface area contributed by atoms with Crippen molar-refractivity contribution in [2.45, 2.75) is 26.4 Å². The SMILES string of the molecule is CC(C)C(NC(=O)c1ccc(F)cc1)C(=O)NCc1ccc(C(=O)O)cc1. The van der Waals surface area contributed by atoms with E-state index >= 15 is 0 Å². The number of aromatic carboxylic acids is 1. The largest absolute Gasteiger partial charge is 0.478 e. The summed E-state index contributed by atoms with van der Waals surface area (Å²) in [7, 11) is 0. The second-order valence-corrected chi connectivity index (χ2v) is 6.42. The lowest BCUT2D eigenvalue weighted by Crippen LogP contribution is -2.49. The van der Waals surface area contributed by atoms with Crippen molar-refractivity contribution in [3.05, 3.63) is 71.0 Å². The molecule has 0 saturated heterocycles. The van der Waals surface area contributed by atoms with E-state index < -0.39 is 23.7 Å². The Morgan fingerprint density at radius 3 is 2.04 bits per heavy atom. The van der Waals surface area contributed by atoms with Crippen molar-refractivity contribution in [1.82, 2.24) is 10.6 Å². The zero-order chi connectivity index (χ0) is 20.0. The summed E-state index contributed by atoms with van der Waals surface area (Å²) in [5.74, 6) is -2.45. The molecule has 3 N–H and O–H groups in total. The molecule has 1 unspecified atom stereocenters. The van der Waals surface area contributed by atoms with Gasteiger partial charge in [-0.2, -0.15) is 0 Å². The van der Waals surface area contributed by atoms with Gasteiger partial charge in [0.05, 0.1) is 5.56 Å². The van der Waals surface area contributed by atoms with E-state index in [4.69, 9.17) is 5.11 Å². The molecule has 27 heavy (non-hydrogen) atoms. The van der Waals surface area contributed by atoms with E-state index in [0.29, 0.717) is 0 Å². The van der Waals surface area contributed by atoms with E-state index in [0.717, 1.165) is 5.56 Å². The number of hydrogen-bond donors (Lipinski definition) is 3. The zero-order valence-corrected chi connectivity index (χ0v) is 15.0. The summed E-state index contributed by atoms with van der Waals surface area (Å²) in [5.41, 5.74) is 1.16. The molecule has 2 aromatic rings. The van der Waals surface area contributed by atoms with Crippen molar-refractivity contribution in [1.29, 1.82) is 0 Å². The second-order valence-electron chi connectivity index (χ2n) is 6.42. The molecule has 0 bridgehead atoms. The molecule has 0 aliphatic heterocycles.